The summed E-state index contributed by atoms with van der Waals surface area (Å²) in [5, 5.41) is 2.35. The largest absolute Gasteiger partial charge is 0.489 e. The molecule has 160 valence electrons. The number of amides is 4. The maximum atomic E-state index is 13.3. The van der Waals surface area contributed by atoms with Gasteiger partial charge in [0.15, 0.2) is 0 Å². The van der Waals surface area contributed by atoms with E-state index in [1.807, 2.05) is 0 Å². The first-order valence-electron chi connectivity index (χ1n) is 9.55. The number of urea groups is 1. The Morgan fingerprint density at radius 3 is 2.44 bits per heavy atom. The Morgan fingerprint density at radius 2 is 1.72 bits per heavy atom. The van der Waals surface area contributed by atoms with Crippen molar-refractivity contribution in [1.82, 2.24) is 5.32 Å². The molecule has 0 bridgehead atoms. The average molecular weight is 451 g/mol. The Morgan fingerprint density at radius 1 is 0.969 bits per heavy atom. The molecule has 1 N–H and O–H groups in total. The lowest BCUT2D eigenvalue weighted by Crippen LogP contribution is -2.54. The van der Waals surface area contributed by atoms with Crippen molar-refractivity contribution in [1.29, 1.82) is 0 Å². The maximum Gasteiger partial charge on any atom is 0.335 e. The number of carbonyl (C=O) groups excluding carboxylic acids is 3. The number of anilines is 1. The molecule has 3 aromatic rings. The highest BCUT2D eigenvalue weighted by molar-refractivity contribution is 6.42. The second kappa shape index (κ2) is 9.03. The van der Waals surface area contributed by atoms with Gasteiger partial charge in [-0.2, -0.15) is 0 Å². The number of para-hydroxylation sites is 1. The molecule has 0 aliphatic carbocycles. The Balaban J connectivity index is 1.53. The molecule has 0 unspecified atom stereocenters. The van der Waals surface area contributed by atoms with E-state index in [2.05, 4.69) is 5.32 Å². The van der Waals surface area contributed by atoms with Crippen LogP contribution in [0.3, 0.4) is 0 Å². The number of barbiturate groups is 1. The molecule has 0 spiro atoms. The topological polar surface area (TPSA) is 75.7 Å². The van der Waals surface area contributed by atoms with E-state index < -0.39 is 17.8 Å². The highest BCUT2D eigenvalue weighted by atomic mass is 35.5. The Labute approximate surface area is 187 Å². The van der Waals surface area contributed by atoms with Crippen LogP contribution >= 0.6 is 11.6 Å². The predicted octanol–water partition coefficient (Wildman–Crippen LogP) is 4.72. The number of carbonyl (C=O) groups is 3. The van der Waals surface area contributed by atoms with Gasteiger partial charge in [-0.05, 0) is 53.6 Å². The summed E-state index contributed by atoms with van der Waals surface area (Å²) in [7, 11) is 0. The third-order valence-corrected chi connectivity index (χ3v) is 5.00. The summed E-state index contributed by atoms with van der Waals surface area (Å²) in [6.45, 7) is 0.188. The molecule has 32 heavy (non-hydrogen) atoms. The standard InChI is InChI=1S/C24H16ClFN2O4/c25-20-6-1-2-7-21(20)28-23(30)19(22(29)27-24(28)31)13-15-8-10-18(11-9-15)32-14-16-4-3-5-17(26)12-16/h1-13H,14H2,(H,27,29,31)/b19-13+. The quantitative estimate of drug-likeness (QED) is 0.450. The molecule has 3 aromatic carbocycles. The fraction of sp³-hybridized carbons (Fsp3) is 0.0417. The summed E-state index contributed by atoms with van der Waals surface area (Å²) in [6.07, 6.45) is 1.38. The maximum absolute atomic E-state index is 13.3. The summed E-state index contributed by atoms with van der Waals surface area (Å²) < 4.78 is 18.9. The number of imide groups is 2. The second-order valence-corrected chi connectivity index (χ2v) is 7.30. The van der Waals surface area contributed by atoms with Crippen LogP contribution in [0.1, 0.15) is 11.1 Å². The smallest absolute Gasteiger partial charge is 0.335 e. The summed E-state index contributed by atoms with van der Waals surface area (Å²) in [5.74, 6) is -1.38. The third kappa shape index (κ3) is 4.53. The van der Waals surface area contributed by atoms with Gasteiger partial charge in [-0.25, -0.2) is 14.1 Å². The molecular weight excluding hydrogens is 435 g/mol. The molecule has 4 amide bonds. The number of nitrogens with one attached hydrogen (secondary N) is 1. The zero-order valence-corrected chi connectivity index (χ0v) is 17.3. The molecule has 1 saturated heterocycles. The first kappa shape index (κ1) is 21.3. The molecule has 1 heterocycles. The van der Waals surface area contributed by atoms with E-state index in [9.17, 15) is 18.8 Å². The van der Waals surface area contributed by atoms with Crippen molar-refractivity contribution in [3.05, 3.63) is 100 Å². The summed E-state index contributed by atoms with van der Waals surface area (Å²) in [4.78, 5) is 38.3. The Kier molecular flexibility index (Phi) is 6.00. The van der Waals surface area contributed by atoms with Gasteiger partial charge in [0.05, 0.1) is 10.7 Å². The number of benzene rings is 3. The number of hydrogen-bond acceptors (Lipinski definition) is 4. The zero-order chi connectivity index (χ0) is 22.7. The van der Waals surface area contributed by atoms with Gasteiger partial charge in [0.2, 0.25) is 0 Å². The molecule has 0 saturated carbocycles. The van der Waals surface area contributed by atoms with Crippen LogP contribution < -0.4 is 15.0 Å². The van der Waals surface area contributed by atoms with Crippen LogP contribution in [-0.4, -0.2) is 17.8 Å². The first-order valence-corrected chi connectivity index (χ1v) is 9.93. The summed E-state index contributed by atoms with van der Waals surface area (Å²) in [6, 6.07) is 18.2. The van der Waals surface area contributed by atoms with Crippen molar-refractivity contribution in [3.63, 3.8) is 0 Å². The molecule has 0 radical (unpaired) electrons. The van der Waals surface area contributed by atoms with E-state index in [1.54, 1.807) is 54.6 Å². The number of halogens is 2. The normalized spacial score (nSPS) is 15.1. The molecule has 0 aromatic heterocycles. The lowest BCUT2D eigenvalue weighted by molar-refractivity contribution is -0.122. The zero-order valence-electron chi connectivity index (χ0n) is 16.5. The minimum absolute atomic E-state index is 0.177. The molecule has 4 rings (SSSR count). The fourth-order valence-electron chi connectivity index (χ4n) is 3.13. The van der Waals surface area contributed by atoms with E-state index in [0.29, 0.717) is 16.9 Å². The number of hydrogen-bond donors (Lipinski definition) is 1. The fourth-order valence-corrected chi connectivity index (χ4v) is 3.35. The minimum atomic E-state index is -0.869. The van der Waals surface area contributed by atoms with Gasteiger partial charge < -0.3 is 4.74 Å². The van der Waals surface area contributed by atoms with Crippen molar-refractivity contribution in [3.8, 4) is 5.75 Å². The van der Waals surface area contributed by atoms with Crippen molar-refractivity contribution in [2.45, 2.75) is 6.61 Å². The van der Waals surface area contributed by atoms with Crippen molar-refractivity contribution >= 4 is 41.2 Å². The van der Waals surface area contributed by atoms with Gasteiger partial charge in [0.25, 0.3) is 11.8 Å². The molecule has 1 aliphatic rings. The molecule has 1 aliphatic heterocycles. The van der Waals surface area contributed by atoms with E-state index >= 15 is 0 Å². The van der Waals surface area contributed by atoms with Crippen LogP contribution in [0.4, 0.5) is 14.9 Å². The number of nitrogens with zero attached hydrogens (tertiary/aromatic N) is 1. The van der Waals surface area contributed by atoms with E-state index in [1.165, 1.54) is 24.3 Å². The van der Waals surface area contributed by atoms with Crippen molar-refractivity contribution < 1.29 is 23.5 Å². The van der Waals surface area contributed by atoms with Crippen LogP contribution in [0.2, 0.25) is 5.02 Å². The Bertz CT molecular complexity index is 1240. The highest BCUT2D eigenvalue weighted by Gasteiger charge is 2.37. The molecule has 0 atom stereocenters. The van der Waals surface area contributed by atoms with Crippen LogP contribution in [0, 0.1) is 5.82 Å². The van der Waals surface area contributed by atoms with Crippen LogP contribution in [0.5, 0.6) is 5.75 Å². The van der Waals surface area contributed by atoms with Gasteiger partial charge in [-0.3, -0.25) is 14.9 Å². The third-order valence-electron chi connectivity index (χ3n) is 4.68. The van der Waals surface area contributed by atoms with Gasteiger partial charge in [0.1, 0.15) is 23.7 Å². The number of ether oxygens (including phenoxy) is 1. The summed E-state index contributed by atoms with van der Waals surface area (Å²) in [5.41, 5.74) is 1.20. The SMILES string of the molecule is O=C1NC(=O)N(c2ccccc2Cl)C(=O)/C1=C/c1ccc(OCc2cccc(F)c2)cc1. The van der Waals surface area contributed by atoms with Gasteiger partial charge in [-0.1, -0.05) is 48.0 Å². The van der Waals surface area contributed by atoms with Gasteiger partial charge >= 0.3 is 6.03 Å². The lowest BCUT2D eigenvalue weighted by Gasteiger charge is -2.27. The summed E-state index contributed by atoms with van der Waals surface area (Å²) >= 11 is 6.12. The Hall–Kier alpha value is -3.97. The highest BCUT2D eigenvalue weighted by Crippen LogP contribution is 2.29. The average Bonchev–Trinajstić information content (AvgIpc) is 2.77. The van der Waals surface area contributed by atoms with Crippen molar-refractivity contribution in [2.24, 2.45) is 0 Å². The monoisotopic (exact) mass is 450 g/mol. The molecular formula is C24H16ClFN2O4. The van der Waals surface area contributed by atoms with E-state index in [0.717, 1.165) is 4.90 Å². The second-order valence-electron chi connectivity index (χ2n) is 6.90. The van der Waals surface area contributed by atoms with Crippen molar-refractivity contribution in [2.75, 3.05) is 4.90 Å². The minimum Gasteiger partial charge on any atom is -0.489 e. The van der Waals surface area contributed by atoms with Crippen LogP contribution in [-0.2, 0) is 16.2 Å². The molecule has 1 fully saturated rings. The van der Waals surface area contributed by atoms with Crippen LogP contribution in [0.25, 0.3) is 6.08 Å². The van der Waals surface area contributed by atoms with Gasteiger partial charge in [-0.15, -0.1) is 0 Å². The predicted molar refractivity (Wildman–Crippen MR) is 118 cm³/mol. The van der Waals surface area contributed by atoms with Crippen LogP contribution in [0.15, 0.2) is 78.4 Å². The lowest BCUT2D eigenvalue weighted by atomic mass is 10.1. The van der Waals surface area contributed by atoms with E-state index in [4.69, 9.17) is 16.3 Å². The van der Waals surface area contributed by atoms with Gasteiger partial charge in [0, 0.05) is 0 Å². The first-order chi connectivity index (χ1) is 15.4. The van der Waals surface area contributed by atoms with E-state index in [-0.39, 0.29) is 28.7 Å². The number of rotatable bonds is 5. The molecule has 6 nitrogen and oxygen atoms in total. The molecule has 8 heteroatoms.